The molecule has 0 aromatic rings. The first-order valence-electron chi connectivity index (χ1n) is 6.23. The topological polar surface area (TPSA) is 46.5 Å². The molecule has 0 amide bonds. The lowest BCUT2D eigenvalue weighted by molar-refractivity contribution is -0.170. The lowest BCUT2D eigenvalue weighted by Gasteiger charge is -2.37. The van der Waals surface area contributed by atoms with E-state index in [0.717, 1.165) is 32.1 Å². The van der Waals surface area contributed by atoms with Crippen molar-refractivity contribution in [3.8, 4) is 0 Å². The van der Waals surface area contributed by atoms with Crippen molar-refractivity contribution in [3.05, 3.63) is 0 Å². The highest BCUT2D eigenvalue weighted by molar-refractivity contribution is 5.75. The van der Waals surface area contributed by atoms with Gasteiger partial charge in [0.2, 0.25) is 0 Å². The summed E-state index contributed by atoms with van der Waals surface area (Å²) in [6.45, 7) is 7.97. The highest BCUT2D eigenvalue weighted by Gasteiger charge is 2.48. The fourth-order valence-electron chi connectivity index (χ4n) is 2.69. The summed E-state index contributed by atoms with van der Waals surface area (Å²) in [4.78, 5) is 11.5. The molecule has 1 rings (SSSR count). The third-order valence-electron chi connectivity index (χ3n) is 3.40. The standard InChI is InChI=1S/C13H24O3/c1-5-10(16-12(2,3)4)13(11(14)15)8-6-7-9-13/h10H,5-9H2,1-4H3,(H,14,15). The zero-order valence-electron chi connectivity index (χ0n) is 10.9. The van der Waals surface area contributed by atoms with Crippen molar-refractivity contribution in [3.63, 3.8) is 0 Å². The highest BCUT2D eigenvalue weighted by Crippen LogP contribution is 2.44. The summed E-state index contributed by atoms with van der Waals surface area (Å²) in [6, 6.07) is 0. The van der Waals surface area contributed by atoms with Crippen LogP contribution < -0.4 is 0 Å². The number of aliphatic carboxylic acids is 1. The Morgan fingerprint density at radius 1 is 1.38 bits per heavy atom. The molecule has 1 aliphatic rings. The molecule has 1 atom stereocenters. The normalized spacial score (nSPS) is 22.0. The fraction of sp³-hybridized carbons (Fsp3) is 0.923. The fourth-order valence-corrected chi connectivity index (χ4v) is 2.69. The van der Waals surface area contributed by atoms with Crippen LogP contribution in [0.4, 0.5) is 0 Å². The van der Waals surface area contributed by atoms with Crippen LogP contribution in [0.5, 0.6) is 0 Å². The van der Waals surface area contributed by atoms with Gasteiger partial charge in [-0.2, -0.15) is 0 Å². The minimum Gasteiger partial charge on any atom is -0.481 e. The maximum Gasteiger partial charge on any atom is 0.312 e. The van der Waals surface area contributed by atoms with Gasteiger partial charge >= 0.3 is 5.97 Å². The average Bonchev–Trinajstić information content (AvgIpc) is 2.62. The van der Waals surface area contributed by atoms with Crippen LogP contribution in [0.25, 0.3) is 0 Å². The van der Waals surface area contributed by atoms with Gasteiger partial charge in [0.05, 0.1) is 17.1 Å². The van der Waals surface area contributed by atoms with Crippen molar-refractivity contribution in [2.45, 2.75) is 71.5 Å². The van der Waals surface area contributed by atoms with Crippen molar-refractivity contribution in [2.24, 2.45) is 5.41 Å². The van der Waals surface area contributed by atoms with E-state index in [1.807, 2.05) is 27.7 Å². The van der Waals surface area contributed by atoms with Crippen LogP contribution in [0.15, 0.2) is 0 Å². The number of carboxylic acids is 1. The monoisotopic (exact) mass is 228 g/mol. The van der Waals surface area contributed by atoms with E-state index >= 15 is 0 Å². The molecule has 0 aromatic heterocycles. The summed E-state index contributed by atoms with van der Waals surface area (Å²) >= 11 is 0. The highest BCUT2D eigenvalue weighted by atomic mass is 16.5. The van der Waals surface area contributed by atoms with E-state index in [9.17, 15) is 9.90 Å². The maximum atomic E-state index is 11.5. The molecule has 1 unspecified atom stereocenters. The summed E-state index contributed by atoms with van der Waals surface area (Å²) in [5, 5.41) is 9.48. The predicted octanol–water partition coefficient (Wildman–Crippen LogP) is 3.23. The van der Waals surface area contributed by atoms with Crippen molar-refractivity contribution in [1.82, 2.24) is 0 Å². The number of ether oxygens (including phenoxy) is 1. The quantitative estimate of drug-likeness (QED) is 0.803. The van der Waals surface area contributed by atoms with E-state index in [0.29, 0.717) is 0 Å². The van der Waals surface area contributed by atoms with E-state index < -0.39 is 11.4 Å². The number of hydrogen-bond acceptors (Lipinski definition) is 2. The molecule has 1 saturated carbocycles. The average molecular weight is 228 g/mol. The molecule has 3 heteroatoms. The molecule has 0 radical (unpaired) electrons. The number of rotatable bonds is 4. The largest absolute Gasteiger partial charge is 0.481 e. The van der Waals surface area contributed by atoms with Crippen LogP contribution in [0.1, 0.15) is 59.8 Å². The van der Waals surface area contributed by atoms with Gasteiger partial charge in [0, 0.05) is 0 Å². The molecule has 1 N–H and O–H groups in total. The minimum atomic E-state index is -0.680. The molecule has 0 spiro atoms. The Balaban J connectivity index is 2.87. The third-order valence-corrected chi connectivity index (χ3v) is 3.40. The SMILES string of the molecule is CCC(OC(C)(C)C)C1(C(=O)O)CCCC1. The Morgan fingerprint density at radius 3 is 2.19 bits per heavy atom. The Kier molecular flexibility index (Phi) is 4.00. The molecular formula is C13H24O3. The lowest BCUT2D eigenvalue weighted by atomic mass is 9.78. The van der Waals surface area contributed by atoms with Gasteiger partial charge in [-0.1, -0.05) is 19.8 Å². The van der Waals surface area contributed by atoms with Gasteiger partial charge in [-0.3, -0.25) is 4.79 Å². The van der Waals surface area contributed by atoms with Gasteiger partial charge in [0.1, 0.15) is 0 Å². The molecule has 0 saturated heterocycles. The van der Waals surface area contributed by atoms with Crippen LogP contribution in [0, 0.1) is 5.41 Å². The zero-order valence-corrected chi connectivity index (χ0v) is 10.9. The van der Waals surface area contributed by atoms with E-state index in [1.54, 1.807) is 0 Å². The molecule has 0 heterocycles. The van der Waals surface area contributed by atoms with E-state index in [2.05, 4.69) is 0 Å². The van der Waals surface area contributed by atoms with Crippen LogP contribution in [-0.2, 0) is 9.53 Å². The second kappa shape index (κ2) is 4.74. The molecule has 0 bridgehead atoms. The minimum absolute atomic E-state index is 0.160. The van der Waals surface area contributed by atoms with Crippen molar-refractivity contribution in [1.29, 1.82) is 0 Å². The predicted molar refractivity (Wildman–Crippen MR) is 63.5 cm³/mol. The second-order valence-corrected chi connectivity index (χ2v) is 5.80. The summed E-state index contributed by atoms with van der Waals surface area (Å²) in [5.74, 6) is -0.680. The second-order valence-electron chi connectivity index (χ2n) is 5.80. The van der Waals surface area contributed by atoms with Crippen molar-refractivity contribution in [2.75, 3.05) is 0 Å². The summed E-state index contributed by atoms with van der Waals surface area (Å²) in [7, 11) is 0. The van der Waals surface area contributed by atoms with Crippen LogP contribution in [0.2, 0.25) is 0 Å². The van der Waals surface area contributed by atoms with E-state index in [-0.39, 0.29) is 11.7 Å². The first-order valence-corrected chi connectivity index (χ1v) is 6.23. The van der Waals surface area contributed by atoms with Crippen LogP contribution >= 0.6 is 0 Å². The van der Waals surface area contributed by atoms with Gasteiger partial charge in [-0.25, -0.2) is 0 Å². The Bertz CT molecular complexity index is 246. The number of carbonyl (C=O) groups is 1. The first kappa shape index (κ1) is 13.5. The molecular weight excluding hydrogens is 204 g/mol. The van der Waals surface area contributed by atoms with Crippen molar-refractivity contribution >= 4 is 5.97 Å². The van der Waals surface area contributed by atoms with Crippen molar-refractivity contribution < 1.29 is 14.6 Å². The molecule has 1 aliphatic carbocycles. The zero-order chi connectivity index (χ0) is 12.4. The first-order chi connectivity index (χ1) is 7.32. The summed E-state index contributed by atoms with van der Waals surface area (Å²) < 4.78 is 5.95. The van der Waals surface area contributed by atoms with Gasteiger partial charge in [-0.15, -0.1) is 0 Å². The molecule has 16 heavy (non-hydrogen) atoms. The van der Waals surface area contributed by atoms with Gasteiger partial charge in [0.15, 0.2) is 0 Å². The summed E-state index contributed by atoms with van der Waals surface area (Å²) in [5.41, 5.74) is -0.909. The molecule has 0 aliphatic heterocycles. The molecule has 94 valence electrons. The van der Waals surface area contributed by atoms with E-state index in [1.165, 1.54) is 0 Å². The van der Waals surface area contributed by atoms with Gasteiger partial charge < -0.3 is 9.84 Å². The lowest BCUT2D eigenvalue weighted by Crippen LogP contribution is -2.45. The summed E-state index contributed by atoms with van der Waals surface area (Å²) in [6.07, 6.45) is 4.15. The van der Waals surface area contributed by atoms with E-state index in [4.69, 9.17) is 4.74 Å². The number of carboxylic acid groups (broad SMARTS) is 1. The Morgan fingerprint density at radius 2 is 1.88 bits per heavy atom. The number of hydrogen-bond donors (Lipinski definition) is 1. The molecule has 1 fully saturated rings. The van der Waals surface area contributed by atoms with Crippen LogP contribution in [-0.4, -0.2) is 22.8 Å². The van der Waals surface area contributed by atoms with Gasteiger partial charge in [0.25, 0.3) is 0 Å². The molecule has 0 aromatic carbocycles. The smallest absolute Gasteiger partial charge is 0.312 e. The third kappa shape index (κ3) is 2.76. The van der Waals surface area contributed by atoms with Gasteiger partial charge in [-0.05, 0) is 40.0 Å². The molecule has 3 nitrogen and oxygen atoms in total. The Labute approximate surface area is 98.2 Å². The Hall–Kier alpha value is -0.570. The van der Waals surface area contributed by atoms with Crippen LogP contribution in [0.3, 0.4) is 0 Å². The maximum absolute atomic E-state index is 11.5.